The average Bonchev–Trinajstić information content (AvgIpc) is 3.20. The van der Waals surface area contributed by atoms with Crippen LogP contribution in [0, 0.1) is 13.8 Å². The van der Waals surface area contributed by atoms with Crippen LogP contribution in [0.4, 0.5) is 11.8 Å². The first-order chi connectivity index (χ1) is 14.3. The Morgan fingerprint density at radius 1 is 1.33 bits per heavy atom. The van der Waals surface area contributed by atoms with Crippen molar-refractivity contribution in [2.24, 2.45) is 0 Å². The minimum atomic E-state index is -0.297. The number of amides is 1. The second kappa shape index (κ2) is 7.69. The second-order valence-electron chi connectivity index (χ2n) is 6.70. The van der Waals surface area contributed by atoms with Crippen LogP contribution in [-0.4, -0.2) is 38.2 Å². The van der Waals surface area contributed by atoms with Crippen LogP contribution in [0.5, 0.6) is 5.75 Å². The molecule has 0 saturated heterocycles. The zero-order chi connectivity index (χ0) is 21.6. The van der Waals surface area contributed by atoms with Crippen LogP contribution in [0.2, 0.25) is 5.15 Å². The Hall–Kier alpha value is -2.98. The van der Waals surface area contributed by atoms with E-state index in [2.05, 4.69) is 41.1 Å². The molecule has 1 aliphatic heterocycles. The Morgan fingerprint density at radius 3 is 2.77 bits per heavy atom. The minimum Gasteiger partial charge on any atom is -0.496 e. The van der Waals surface area contributed by atoms with Crippen molar-refractivity contribution in [1.29, 1.82) is 0 Å². The van der Waals surface area contributed by atoms with E-state index in [1.54, 1.807) is 25.6 Å². The molecular weight excluding hydrogens is 474 g/mol. The molecule has 1 aliphatic rings. The van der Waals surface area contributed by atoms with Gasteiger partial charge >= 0.3 is 0 Å². The van der Waals surface area contributed by atoms with Gasteiger partial charge in [0.25, 0.3) is 5.91 Å². The number of pyridine rings is 1. The third kappa shape index (κ3) is 3.31. The third-order valence-electron chi connectivity index (χ3n) is 4.83. The largest absolute Gasteiger partial charge is 0.496 e. The predicted molar refractivity (Wildman–Crippen MR) is 117 cm³/mol. The van der Waals surface area contributed by atoms with E-state index in [1.165, 1.54) is 4.90 Å². The van der Waals surface area contributed by atoms with Gasteiger partial charge in [-0.05, 0) is 35.9 Å². The van der Waals surface area contributed by atoms with Crippen LogP contribution < -0.4 is 15.4 Å². The lowest BCUT2D eigenvalue weighted by Gasteiger charge is -2.19. The van der Waals surface area contributed by atoms with E-state index in [0.29, 0.717) is 32.8 Å². The molecule has 9 nitrogen and oxygen atoms in total. The van der Waals surface area contributed by atoms with Gasteiger partial charge in [-0.25, -0.2) is 4.98 Å². The SMILES string of the molecule is COc1c(C)cnc(CN2C(=O)C(=Cc3[nH]ncc3Br)c3c(Cl)nc(N)nc32)c1C. The number of nitrogens with one attached hydrogen (secondary N) is 1. The van der Waals surface area contributed by atoms with Gasteiger partial charge in [0.15, 0.2) is 5.82 Å². The van der Waals surface area contributed by atoms with Gasteiger partial charge in [-0.3, -0.25) is 19.8 Å². The van der Waals surface area contributed by atoms with Crippen molar-refractivity contribution < 1.29 is 9.53 Å². The highest BCUT2D eigenvalue weighted by atomic mass is 79.9. The molecule has 0 bridgehead atoms. The Labute approximate surface area is 185 Å². The lowest BCUT2D eigenvalue weighted by molar-refractivity contribution is -0.113. The molecule has 0 atom stereocenters. The quantitative estimate of drug-likeness (QED) is 0.425. The number of anilines is 2. The van der Waals surface area contributed by atoms with Gasteiger partial charge in [0.2, 0.25) is 5.95 Å². The standard InChI is InChI=1S/C19H17BrClN7O2/c1-8-5-23-13(9(2)15(8)30-3)7-28-17-14(16(21)25-19(22)26-17)10(18(28)29)4-12-11(20)6-24-27-12/h4-6H,7H2,1-3H3,(H,24,27)(H2,22,25,26). The van der Waals surface area contributed by atoms with Crippen molar-refractivity contribution >= 4 is 56.9 Å². The Bertz CT molecular complexity index is 1210. The van der Waals surface area contributed by atoms with Crippen LogP contribution in [-0.2, 0) is 11.3 Å². The van der Waals surface area contributed by atoms with Gasteiger partial charge in [-0.1, -0.05) is 11.6 Å². The predicted octanol–water partition coefficient (Wildman–Crippen LogP) is 3.31. The Balaban J connectivity index is 1.84. The number of aryl methyl sites for hydroxylation is 1. The maximum atomic E-state index is 13.4. The molecule has 30 heavy (non-hydrogen) atoms. The molecule has 154 valence electrons. The van der Waals surface area contributed by atoms with Gasteiger partial charge in [-0.2, -0.15) is 10.1 Å². The molecule has 3 aromatic heterocycles. The van der Waals surface area contributed by atoms with Gasteiger partial charge < -0.3 is 10.5 Å². The molecule has 3 N–H and O–H groups in total. The van der Waals surface area contributed by atoms with E-state index >= 15 is 0 Å². The number of fused-ring (bicyclic) bond motifs is 1. The van der Waals surface area contributed by atoms with Gasteiger partial charge in [0, 0.05) is 17.3 Å². The molecule has 0 unspecified atom stereocenters. The number of H-pyrrole nitrogens is 1. The maximum absolute atomic E-state index is 13.4. The number of ether oxygens (including phenoxy) is 1. The topological polar surface area (TPSA) is 123 Å². The Morgan fingerprint density at radius 2 is 2.10 bits per heavy atom. The summed E-state index contributed by atoms with van der Waals surface area (Å²) in [6.07, 6.45) is 4.96. The fourth-order valence-electron chi connectivity index (χ4n) is 3.40. The van der Waals surface area contributed by atoms with Crippen LogP contribution >= 0.6 is 27.5 Å². The lowest BCUT2D eigenvalue weighted by atomic mass is 10.1. The normalized spacial score (nSPS) is 14.5. The summed E-state index contributed by atoms with van der Waals surface area (Å²) in [6, 6.07) is 0. The van der Waals surface area contributed by atoms with E-state index in [0.717, 1.165) is 16.9 Å². The lowest BCUT2D eigenvalue weighted by Crippen LogP contribution is -2.27. The summed E-state index contributed by atoms with van der Waals surface area (Å²) >= 11 is 9.75. The molecule has 0 aromatic carbocycles. The first-order valence-electron chi connectivity index (χ1n) is 8.86. The van der Waals surface area contributed by atoms with Crippen molar-refractivity contribution in [2.75, 3.05) is 17.7 Å². The number of carbonyl (C=O) groups excluding carboxylic acids is 1. The van der Waals surface area contributed by atoms with Crippen molar-refractivity contribution in [1.82, 2.24) is 25.1 Å². The van der Waals surface area contributed by atoms with E-state index in [9.17, 15) is 4.79 Å². The van der Waals surface area contributed by atoms with Gasteiger partial charge in [0.05, 0.1) is 46.8 Å². The summed E-state index contributed by atoms with van der Waals surface area (Å²) in [5.74, 6) is 0.741. The molecule has 0 saturated carbocycles. The maximum Gasteiger partial charge on any atom is 0.260 e. The third-order valence-corrected chi connectivity index (χ3v) is 5.74. The number of methoxy groups -OCH3 is 1. The number of rotatable bonds is 4. The molecule has 4 heterocycles. The highest BCUT2D eigenvalue weighted by Gasteiger charge is 2.37. The molecule has 4 rings (SSSR count). The van der Waals surface area contributed by atoms with E-state index in [-0.39, 0.29) is 23.6 Å². The average molecular weight is 491 g/mol. The van der Waals surface area contributed by atoms with Crippen molar-refractivity contribution in [3.8, 4) is 5.75 Å². The number of carbonyl (C=O) groups is 1. The number of nitrogen functional groups attached to an aromatic ring is 1. The summed E-state index contributed by atoms with van der Waals surface area (Å²) in [7, 11) is 1.60. The number of nitrogens with zero attached hydrogens (tertiary/aromatic N) is 5. The number of nitrogens with two attached hydrogens (primary N) is 1. The molecule has 0 fully saturated rings. The zero-order valence-electron chi connectivity index (χ0n) is 16.3. The van der Waals surface area contributed by atoms with Crippen LogP contribution in [0.1, 0.15) is 28.1 Å². The summed E-state index contributed by atoms with van der Waals surface area (Å²) in [5, 5.41) is 6.88. The number of aromatic amines is 1. The van der Waals surface area contributed by atoms with E-state index in [4.69, 9.17) is 22.1 Å². The number of halogens is 2. The molecule has 3 aromatic rings. The van der Waals surface area contributed by atoms with E-state index < -0.39 is 0 Å². The highest BCUT2D eigenvalue weighted by molar-refractivity contribution is 9.10. The molecule has 11 heteroatoms. The summed E-state index contributed by atoms with van der Waals surface area (Å²) in [5.41, 5.74) is 9.59. The van der Waals surface area contributed by atoms with Gasteiger partial charge in [-0.15, -0.1) is 0 Å². The summed E-state index contributed by atoms with van der Waals surface area (Å²) in [6.45, 7) is 3.98. The first-order valence-corrected chi connectivity index (χ1v) is 10.0. The molecular formula is C19H17BrClN7O2. The summed E-state index contributed by atoms with van der Waals surface area (Å²) in [4.78, 5) is 27.7. The fraction of sp³-hybridized carbons (Fsp3) is 0.211. The number of aromatic nitrogens is 5. The van der Waals surface area contributed by atoms with Crippen LogP contribution in [0.15, 0.2) is 16.9 Å². The smallest absolute Gasteiger partial charge is 0.260 e. The van der Waals surface area contributed by atoms with Crippen LogP contribution in [0.3, 0.4) is 0 Å². The second-order valence-corrected chi connectivity index (χ2v) is 7.91. The number of hydrogen-bond donors (Lipinski definition) is 2. The van der Waals surface area contributed by atoms with Crippen molar-refractivity contribution in [3.05, 3.63) is 50.1 Å². The molecule has 0 spiro atoms. The molecule has 1 amide bonds. The minimum absolute atomic E-state index is 0.0216. The zero-order valence-corrected chi connectivity index (χ0v) is 18.7. The fourth-order valence-corrected chi connectivity index (χ4v) is 3.98. The van der Waals surface area contributed by atoms with Crippen LogP contribution in [0.25, 0.3) is 11.6 Å². The Kier molecular flexibility index (Phi) is 5.20. The van der Waals surface area contributed by atoms with E-state index in [1.807, 2.05) is 13.8 Å². The number of hydrogen-bond acceptors (Lipinski definition) is 7. The molecule has 0 radical (unpaired) electrons. The molecule has 0 aliphatic carbocycles. The first kappa shape index (κ1) is 20.3. The highest BCUT2D eigenvalue weighted by Crippen LogP contribution is 2.42. The van der Waals surface area contributed by atoms with Crippen molar-refractivity contribution in [3.63, 3.8) is 0 Å². The van der Waals surface area contributed by atoms with Crippen molar-refractivity contribution in [2.45, 2.75) is 20.4 Å². The monoisotopic (exact) mass is 489 g/mol. The summed E-state index contributed by atoms with van der Waals surface area (Å²) < 4.78 is 6.19. The van der Waals surface area contributed by atoms with Gasteiger partial charge in [0.1, 0.15) is 10.9 Å².